The minimum atomic E-state index is -3.41. The molecule has 1 aromatic heterocycles. The first-order valence-electron chi connectivity index (χ1n) is 15.2. The number of hydrogen-bond acceptors (Lipinski definition) is 8. The topological polar surface area (TPSA) is 110 Å². The molecule has 3 aromatic carbocycles. The molecule has 0 spiro atoms. The van der Waals surface area contributed by atoms with Gasteiger partial charge in [-0.2, -0.15) is 4.31 Å². The van der Waals surface area contributed by atoms with E-state index in [1.54, 1.807) is 27.2 Å². The first-order valence-corrected chi connectivity index (χ1v) is 17.1. The highest BCUT2D eigenvalue weighted by Gasteiger charge is 2.37. The van der Waals surface area contributed by atoms with Gasteiger partial charge in [-0.1, -0.05) is 48.0 Å². The van der Waals surface area contributed by atoms with Crippen molar-refractivity contribution in [1.29, 1.82) is 0 Å². The number of carbonyl (C=O) groups is 1. The van der Waals surface area contributed by atoms with Gasteiger partial charge in [-0.15, -0.1) is 15.9 Å². The molecule has 2 aliphatic rings. The van der Waals surface area contributed by atoms with E-state index in [2.05, 4.69) is 28.5 Å². The zero-order valence-corrected chi connectivity index (χ0v) is 27.1. The summed E-state index contributed by atoms with van der Waals surface area (Å²) in [7, 11) is -1.54. The van der Waals surface area contributed by atoms with E-state index in [0.29, 0.717) is 41.8 Å². The minimum absolute atomic E-state index is 0.176. The Kier molecular flexibility index (Phi) is 8.65. The predicted molar refractivity (Wildman–Crippen MR) is 172 cm³/mol. The summed E-state index contributed by atoms with van der Waals surface area (Å²) in [5.74, 6) is -0.205. The summed E-state index contributed by atoms with van der Waals surface area (Å²) in [5, 5.41) is 8.98. The van der Waals surface area contributed by atoms with Crippen LogP contribution in [0.15, 0.2) is 47.4 Å². The van der Waals surface area contributed by atoms with Crippen LogP contribution < -0.4 is 4.74 Å². The number of carbonyl (C=O) groups excluding carboxylic acids is 1. The number of para-hydroxylation sites is 1. The van der Waals surface area contributed by atoms with Crippen LogP contribution in [-0.4, -0.2) is 53.6 Å². The van der Waals surface area contributed by atoms with Crippen molar-refractivity contribution in [2.75, 3.05) is 13.2 Å². The van der Waals surface area contributed by atoms with Crippen molar-refractivity contribution in [3.8, 4) is 5.75 Å². The SMILES string of the molecule is CCOC(=O)CC(c1cc2c(c(CN3C[C@@H](CC)Oc4c(Cl)cccc4S3(O)O)c1)CCC2)c1ccc2c(nnn2C)c1C. The van der Waals surface area contributed by atoms with E-state index >= 15 is 0 Å². The second-order valence-corrected chi connectivity index (χ2v) is 14.1. The third-order valence-corrected chi connectivity index (χ3v) is 11.2. The molecule has 0 amide bonds. The molecule has 4 aromatic rings. The standard InChI is InChI=1S/C33H39ClN4O5S/c1-5-24-19-38(44(40,41)30-12-8-11-28(34)33(30)43-24)18-23-16-22(15-21-9-7-10-26(21)23)27(17-31(39)42-6-2)25-13-14-29-32(20(25)3)35-36-37(29)4/h8,11-16,24,27,40-41H,5-7,9-10,17-19H2,1-4H3/t24-,27?/m1/s1. The van der Waals surface area contributed by atoms with E-state index in [9.17, 15) is 13.9 Å². The summed E-state index contributed by atoms with van der Waals surface area (Å²) in [6.07, 6.45) is 3.46. The molecular formula is C33H39ClN4O5S. The summed E-state index contributed by atoms with van der Waals surface area (Å²) in [6.45, 7) is 6.82. The van der Waals surface area contributed by atoms with Gasteiger partial charge in [0.25, 0.3) is 0 Å². The van der Waals surface area contributed by atoms with Gasteiger partial charge in [0, 0.05) is 19.5 Å². The van der Waals surface area contributed by atoms with E-state index in [1.807, 2.05) is 33.9 Å². The second-order valence-electron chi connectivity index (χ2n) is 11.7. The third-order valence-electron chi connectivity index (χ3n) is 8.94. The zero-order valence-electron chi connectivity index (χ0n) is 25.5. The molecule has 2 heterocycles. The lowest BCUT2D eigenvalue weighted by molar-refractivity contribution is -0.143. The summed E-state index contributed by atoms with van der Waals surface area (Å²) >= 11 is 6.48. The van der Waals surface area contributed by atoms with E-state index in [0.717, 1.165) is 52.5 Å². The Hall–Kier alpha value is -3.15. The molecule has 234 valence electrons. The molecule has 11 heteroatoms. The maximum Gasteiger partial charge on any atom is 0.306 e. The largest absolute Gasteiger partial charge is 0.485 e. The fourth-order valence-electron chi connectivity index (χ4n) is 6.64. The lowest BCUT2D eigenvalue weighted by Gasteiger charge is -2.42. The Labute approximate surface area is 264 Å². The van der Waals surface area contributed by atoms with Crippen LogP contribution in [0.25, 0.3) is 11.0 Å². The minimum Gasteiger partial charge on any atom is -0.485 e. The van der Waals surface area contributed by atoms with Crippen molar-refractivity contribution >= 4 is 39.4 Å². The average Bonchev–Trinajstić information content (AvgIpc) is 3.61. The fraction of sp³-hybridized carbons (Fsp3) is 0.424. The van der Waals surface area contributed by atoms with Crippen LogP contribution in [0.4, 0.5) is 0 Å². The number of fused-ring (bicyclic) bond motifs is 3. The lowest BCUT2D eigenvalue weighted by Crippen LogP contribution is -2.34. The van der Waals surface area contributed by atoms with Crippen LogP contribution in [0.2, 0.25) is 5.02 Å². The molecule has 0 bridgehead atoms. The Bertz CT molecular complexity index is 1720. The third kappa shape index (κ3) is 5.58. The Balaban J connectivity index is 1.45. The first kappa shape index (κ1) is 30.9. The number of benzene rings is 3. The number of esters is 1. The number of ether oxygens (including phenoxy) is 2. The van der Waals surface area contributed by atoms with Gasteiger partial charge in [0.1, 0.15) is 16.5 Å². The number of aromatic nitrogens is 3. The zero-order chi connectivity index (χ0) is 31.2. The van der Waals surface area contributed by atoms with Gasteiger partial charge in [-0.3, -0.25) is 13.9 Å². The summed E-state index contributed by atoms with van der Waals surface area (Å²) in [4.78, 5) is 13.3. The van der Waals surface area contributed by atoms with Gasteiger partial charge in [0.05, 0.1) is 30.1 Å². The molecule has 1 aliphatic carbocycles. The van der Waals surface area contributed by atoms with Crippen LogP contribution in [0.1, 0.15) is 72.4 Å². The molecule has 6 rings (SSSR count). The summed E-state index contributed by atoms with van der Waals surface area (Å²) in [5.41, 5.74) is 8.21. The monoisotopic (exact) mass is 638 g/mol. The number of nitrogens with zero attached hydrogens (tertiary/aromatic N) is 4. The van der Waals surface area contributed by atoms with Gasteiger partial charge in [0.15, 0.2) is 5.75 Å². The van der Waals surface area contributed by atoms with Crippen molar-refractivity contribution in [2.45, 2.75) is 76.3 Å². The summed E-state index contributed by atoms with van der Waals surface area (Å²) in [6, 6.07) is 13.6. The molecular weight excluding hydrogens is 600 g/mol. The molecule has 0 saturated carbocycles. The van der Waals surface area contributed by atoms with Crippen LogP contribution in [-0.2, 0) is 36.0 Å². The van der Waals surface area contributed by atoms with E-state index < -0.39 is 10.8 Å². The molecule has 1 aliphatic heterocycles. The fourth-order valence-corrected chi connectivity index (χ4v) is 8.55. The number of rotatable bonds is 8. The Morgan fingerprint density at radius 3 is 2.80 bits per heavy atom. The quantitative estimate of drug-likeness (QED) is 0.195. The molecule has 0 saturated heterocycles. The van der Waals surface area contributed by atoms with Crippen LogP contribution in [0.3, 0.4) is 0 Å². The molecule has 44 heavy (non-hydrogen) atoms. The molecule has 2 N–H and O–H groups in total. The van der Waals surface area contributed by atoms with E-state index in [4.69, 9.17) is 21.1 Å². The van der Waals surface area contributed by atoms with Gasteiger partial charge in [0.2, 0.25) is 0 Å². The maximum atomic E-state index is 13.0. The molecule has 2 atom stereocenters. The maximum absolute atomic E-state index is 13.0. The average molecular weight is 639 g/mol. The number of hydrogen-bond donors (Lipinski definition) is 2. The van der Waals surface area contributed by atoms with Crippen LogP contribution in [0.5, 0.6) is 5.75 Å². The van der Waals surface area contributed by atoms with Gasteiger partial charge < -0.3 is 9.47 Å². The second kappa shape index (κ2) is 12.3. The Morgan fingerprint density at radius 1 is 1.20 bits per heavy atom. The van der Waals surface area contributed by atoms with E-state index in [1.165, 1.54) is 11.1 Å². The highest BCUT2D eigenvalue weighted by Crippen LogP contribution is 2.59. The van der Waals surface area contributed by atoms with Crippen molar-refractivity contribution in [3.63, 3.8) is 0 Å². The highest BCUT2D eigenvalue weighted by molar-refractivity contribution is 8.22. The molecule has 0 radical (unpaired) electrons. The number of halogens is 1. The number of aryl methyl sites for hydroxylation is 3. The lowest BCUT2D eigenvalue weighted by atomic mass is 9.83. The van der Waals surface area contributed by atoms with Gasteiger partial charge in [-0.05, 0) is 91.1 Å². The molecule has 1 unspecified atom stereocenters. The predicted octanol–water partition coefficient (Wildman–Crippen LogP) is 7.20. The summed E-state index contributed by atoms with van der Waals surface area (Å²) < 4.78 is 38.6. The smallest absolute Gasteiger partial charge is 0.306 e. The van der Waals surface area contributed by atoms with Crippen molar-refractivity contribution in [2.24, 2.45) is 7.05 Å². The van der Waals surface area contributed by atoms with Gasteiger partial charge >= 0.3 is 5.97 Å². The highest BCUT2D eigenvalue weighted by atomic mass is 35.5. The Morgan fingerprint density at radius 2 is 2.02 bits per heavy atom. The first-order chi connectivity index (χ1) is 21.1. The molecule has 9 nitrogen and oxygen atoms in total. The normalized spacial score (nSPS) is 19.1. The van der Waals surface area contributed by atoms with E-state index in [-0.39, 0.29) is 24.4 Å². The van der Waals surface area contributed by atoms with Crippen LogP contribution >= 0.6 is 22.4 Å². The van der Waals surface area contributed by atoms with Gasteiger partial charge in [-0.25, -0.2) is 4.68 Å². The van der Waals surface area contributed by atoms with Crippen molar-refractivity contribution < 1.29 is 23.4 Å². The molecule has 0 fully saturated rings. The van der Waals surface area contributed by atoms with Crippen LogP contribution in [0, 0.1) is 6.92 Å². The van der Waals surface area contributed by atoms with Crippen molar-refractivity contribution in [1.82, 2.24) is 19.3 Å². The van der Waals surface area contributed by atoms with Crippen molar-refractivity contribution in [3.05, 3.63) is 80.9 Å².